The van der Waals surface area contributed by atoms with E-state index in [-0.39, 0.29) is 19.3 Å². The van der Waals surface area contributed by atoms with Crippen molar-refractivity contribution in [2.45, 2.75) is 185 Å². The molecule has 0 radical (unpaired) electrons. The van der Waals surface area contributed by atoms with Crippen LogP contribution in [0.15, 0.2) is 85.1 Å². The van der Waals surface area contributed by atoms with Crippen molar-refractivity contribution in [1.82, 2.24) is 0 Å². The van der Waals surface area contributed by atoms with Crippen LogP contribution in [0.25, 0.3) is 0 Å². The van der Waals surface area contributed by atoms with Gasteiger partial charge in [0.25, 0.3) is 0 Å². The van der Waals surface area contributed by atoms with E-state index in [1.807, 2.05) is 12.2 Å². The van der Waals surface area contributed by atoms with Gasteiger partial charge in [-0.05, 0) is 70.6 Å². The summed E-state index contributed by atoms with van der Waals surface area (Å²) in [5.41, 5.74) is 0. The van der Waals surface area contributed by atoms with Crippen LogP contribution < -0.4 is 0 Å². The highest BCUT2D eigenvalue weighted by Gasteiger charge is 2.54. The first-order valence-corrected chi connectivity index (χ1v) is 26.3. The van der Waals surface area contributed by atoms with Crippen molar-refractivity contribution in [1.29, 1.82) is 0 Å². The first kappa shape index (κ1) is 61.2. The molecule has 19 heteroatoms. The van der Waals surface area contributed by atoms with Crippen molar-refractivity contribution in [2.75, 3.05) is 13.2 Å². The zero-order chi connectivity index (χ0) is 49.1. The van der Waals surface area contributed by atoms with Crippen molar-refractivity contribution in [3.05, 3.63) is 85.1 Å². The molecule has 66 heavy (non-hydrogen) atoms. The SMILES string of the molecule is CC/C=C\C/C=C\C/C=C\C/C=C\C/C=C\C=C/C(O)CCC(=O)OC[C@H](COP(=O)(O)O[C@H]1C(O)C(O)C(O)[C@@H](OP(=O)(O)O)C1O)OC(=O)CCCCCCC/C=C\CCCCCC. The molecule has 1 rings (SSSR count). The summed E-state index contributed by atoms with van der Waals surface area (Å²) in [5.74, 6) is -1.51. The molecule has 0 bridgehead atoms. The summed E-state index contributed by atoms with van der Waals surface area (Å²) < 4.78 is 49.1. The van der Waals surface area contributed by atoms with Crippen LogP contribution >= 0.6 is 15.6 Å². The normalized spacial score (nSPS) is 22.8. The number of phosphoric ester groups is 2. The van der Waals surface area contributed by atoms with Gasteiger partial charge in [0.1, 0.15) is 43.2 Å². The number of carbonyl (C=O) groups excluding carboxylic acids is 2. The number of esters is 2. The molecule has 1 aliphatic carbocycles. The Morgan fingerprint density at radius 1 is 0.576 bits per heavy atom. The van der Waals surface area contributed by atoms with Crippen LogP contribution in [0.1, 0.15) is 136 Å². The van der Waals surface area contributed by atoms with Gasteiger partial charge >= 0.3 is 27.6 Å². The fraction of sp³-hybridized carbons (Fsp3) is 0.660. The number of aliphatic hydroxyl groups excluding tert-OH is 5. The molecular weight excluding hydrogens is 898 g/mol. The second kappa shape index (κ2) is 37.1. The van der Waals surface area contributed by atoms with E-state index in [2.05, 4.69) is 73.1 Å². The summed E-state index contributed by atoms with van der Waals surface area (Å²) in [6.07, 6.45) is 27.2. The second-order valence-corrected chi connectivity index (χ2v) is 18.5. The van der Waals surface area contributed by atoms with Gasteiger partial charge in [-0.25, -0.2) is 9.13 Å². The van der Waals surface area contributed by atoms with Crippen LogP contribution in [0.4, 0.5) is 0 Å². The predicted octanol–water partition coefficient (Wildman–Crippen LogP) is 7.58. The molecule has 6 unspecified atom stereocenters. The summed E-state index contributed by atoms with van der Waals surface area (Å²) in [7, 11) is -10.8. The minimum atomic E-state index is -5.39. The molecule has 0 heterocycles. The topological polar surface area (TPSA) is 276 Å². The van der Waals surface area contributed by atoms with Crippen LogP contribution in [0, 0.1) is 0 Å². The monoisotopic (exact) mass is 976 g/mol. The smallest absolute Gasteiger partial charge is 0.462 e. The Morgan fingerprint density at radius 2 is 1.11 bits per heavy atom. The van der Waals surface area contributed by atoms with Gasteiger partial charge in [0.15, 0.2) is 6.10 Å². The van der Waals surface area contributed by atoms with Crippen LogP contribution in [0.3, 0.4) is 0 Å². The quantitative estimate of drug-likeness (QED) is 0.00979. The average Bonchev–Trinajstić information content (AvgIpc) is 3.27. The molecule has 1 aliphatic rings. The molecular formula is C47H78O17P2. The molecule has 0 aromatic heterocycles. The molecule has 1 saturated carbocycles. The molecule has 0 amide bonds. The van der Waals surface area contributed by atoms with Gasteiger partial charge in [-0.1, -0.05) is 137 Å². The van der Waals surface area contributed by atoms with E-state index in [0.717, 1.165) is 64.2 Å². The van der Waals surface area contributed by atoms with Crippen molar-refractivity contribution >= 4 is 27.6 Å². The fourth-order valence-corrected chi connectivity index (χ4v) is 7.96. The second-order valence-electron chi connectivity index (χ2n) is 15.9. The number of rotatable bonds is 37. The van der Waals surface area contributed by atoms with Gasteiger partial charge in [-0.15, -0.1) is 0 Å². The van der Waals surface area contributed by atoms with Gasteiger partial charge < -0.3 is 49.7 Å². The number of unbranched alkanes of at least 4 members (excludes halogenated alkanes) is 9. The third-order valence-electron chi connectivity index (χ3n) is 10.1. The van der Waals surface area contributed by atoms with E-state index in [1.54, 1.807) is 12.2 Å². The molecule has 0 spiro atoms. The van der Waals surface area contributed by atoms with Gasteiger partial charge in [-0.3, -0.25) is 23.2 Å². The van der Waals surface area contributed by atoms with E-state index in [4.69, 9.17) is 28.3 Å². The van der Waals surface area contributed by atoms with E-state index < -0.39 is 89.6 Å². The van der Waals surface area contributed by atoms with Crippen molar-refractivity contribution < 1.29 is 82.0 Å². The Morgan fingerprint density at radius 3 is 1.68 bits per heavy atom. The third-order valence-corrected chi connectivity index (χ3v) is 11.6. The first-order chi connectivity index (χ1) is 31.5. The molecule has 0 aromatic rings. The number of ether oxygens (including phenoxy) is 2. The lowest BCUT2D eigenvalue weighted by molar-refractivity contribution is -0.216. The van der Waals surface area contributed by atoms with Gasteiger partial charge in [0.05, 0.1) is 12.7 Å². The van der Waals surface area contributed by atoms with Crippen molar-refractivity contribution in [3.63, 3.8) is 0 Å². The molecule has 9 atom stereocenters. The van der Waals surface area contributed by atoms with E-state index in [9.17, 15) is 49.1 Å². The Kier molecular flexibility index (Phi) is 34.4. The summed E-state index contributed by atoms with van der Waals surface area (Å²) in [6, 6.07) is 0. The lowest BCUT2D eigenvalue weighted by Crippen LogP contribution is -2.64. The highest BCUT2D eigenvalue weighted by molar-refractivity contribution is 7.47. The first-order valence-electron chi connectivity index (χ1n) is 23.2. The molecule has 0 aliphatic heterocycles. The van der Waals surface area contributed by atoms with Gasteiger partial charge in [0, 0.05) is 12.8 Å². The summed E-state index contributed by atoms with van der Waals surface area (Å²) in [4.78, 5) is 54.2. The van der Waals surface area contributed by atoms with Crippen molar-refractivity contribution in [2.24, 2.45) is 0 Å². The predicted molar refractivity (Wildman–Crippen MR) is 251 cm³/mol. The Hall–Kier alpha value is -2.86. The third kappa shape index (κ3) is 31.2. The molecule has 1 fully saturated rings. The largest absolute Gasteiger partial charge is 0.472 e. The molecule has 378 valence electrons. The maximum absolute atomic E-state index is 13.0. The maximum Gasteiger partial charge on any atom is 0.472 e. The molecule has 17 nitrogen and oxygen atoms in total. The minimum absolute atomic E-state index is 0.00464. The highest BCUT2D eigenvalue weighted by atomic mass is 31.2. The number of aliphatic hydroxyl groups is 5. The number of phosphoric acid groups is 2. The molecule has 0 saturated heterocycles. The molecule has 0 aromatic carbocycles. The summed E-state index contributed by atoms with van der Waals surface area (Å²) in [6.45, 7) is 2.74. The molecule has 8 N–H and O–H groups in total. The van der Waals surface area contributed by atoms with E-state index in [0.29, 0.717) is 12.8 Å². The highest BCUT2D eigenvalue weighted by Crippen LogP contribution is 2.49. The van der Waals surface area contributed by atoms with Crippen LogP contribution in [-0.4, -0.2) is 114 Å². The Balaban J connectivity index is 2.71. The zero-order valence-corrected chi connectivity index (χ0v) is 40.5. The van der Waals surface area contributed by atoms with Crippen LogP contribution in [0.5, 0.6) is 0 Å². The Bertz CT molecular complexity index is 1620. The Labute approximate surface area is 391 Å². The van der Waals surface area contributed by atoms with Crippen LogP contribution in [0.2, 0.25) is 0 Å². The summed E-state index contributed by atoms with van der Waals surface area (Å²) >= 11 is 0. The lowest BCUT2D eigenvalue weighted by atomic mass is 9.85. The van der Waals surface area contributed by atoms with Crippen LogP contribution in [-0.2, 0) is 41.8 Å². The van der Waals surface area contributed by atoms with Gasteiger partial charge in [-0.2, -0.15) is 0 Å². The van der Waals surface area contributed by atoms with Gasteiger partial charge in [0.2, 0.25) is 0 Å². The van der Waals surface area contributed by atoms with E-state index >= 15 is 0 Å². The number of allylic oxidation sites excluding steroid dienone is 13. The standard InChI is InChI=1S/C47H78O17P2/c1-3-5-7-9-11-13-15-17-18-19-21-22-24-26-28-30-32-38(48)34-35-40(49)60-36-39(62-41(50)33-31-29-27-25-23-20-16-14-12-10-8-6-4-2)37-61-66(58,59)64-47-44(53)42(51)43(52)46(45(47)54)63-65(55,56)57/h5,7,11,13-14,16-18,21-22,26,28,30,32,38-39,42-48,51-54H,3-4,6,8-10,12,15,19-20,23-25,27,29,31,33-37H2,1-2H3,(H,58,59)(H2,55,56,57)/b7-5-,13-11-,16-14-,18-17-,22-21-,28-26-,32-30-/t38?,39-,42?,43?,44?,45?,46-,47+/m1/s1. The average molecular weight is 977 g/mol. The summed E-state index contributed by atoms with van der Waals surface area (Å²) in [5, 5.41) is 51.5. The number of hydrogen-bond acceptors (Lipinski definition) is 14. The van der Waals surface area contributed by atoms with E-state index in [1.165, 1.54) is 31.8 Å². The lowest BCUT2D eigenvalue weighted by Gasteiger charge is -2.43. The minimum Gasteiger partial charge on any atom is -0.462 e. The maximum atomic E-state index is 13.0. The number of hydrogen-bond donors (Lipinski definition) is 8. The zero-order valence-electron chi connectivity index (χ0n) is 38.7. The number of carbonyl (C=O) groups is 2. The van der Waals surface area contributed by atoms with Crippen molar-refractivity contribution in [3.8, 4) is 0 Å². The fourth-order valence-electron chi connectivity index (χ4n) is 6.42.